The summed E-state index contributed by atoms with van der Waals surface area (Å²) in [6.45, 7) is 2.97. The second-order valence-corrected chi connectivity index (χ2v) is 6.21. The van der Waals surface area contributed by atoms with Crippen LogP contribution in [0.2, 0.25) is 0 Å². The maximum Gasteiger partial charge on any atom is 0.335 e. The standard InChI is InChI=1S/C18H23NO2/c1-13-6-5-9-15(12-13)21-18(20)16-10-11-19-17(16)14-7-3-2-4-8-14/h2-4,7-8,10,13,15,17,19H,5-6,9,11-12H2,1H3/t13?,15-,17-/m0/s1. The first-order valence-electron chi connectivity index (χ1n) is 7.93. The van der Waals surface area contributed by atoms with Gasteiger partial charge in [0.1, 0.15) is 6.10 Å². The van der Waals surface area contributed by atoms with Gasteiger partial charge in [-0.3, -0.25) is 0 Å². The number of carbonyl (C=O) groups is 1. The van der Waals surface area contributed by atoms with E-state index in [1.54, 1.807) is 0 Å². The van der Waals surface area contributed by atoms with Gasteiger partial charge >= 0.3 is 5.97 Å². The molecule has 1 fully saturated rings. The fourth-order valence-corrected chi connectivity index (χ4v) is 3.36. The third kappa shape index (κ3) is 3.35. The van der Waals surface area contributed by atoms with Crippen LogP contribution in [0, 0.1) is 5.92 Å². The van der Waals surface area contributed by atoms with Crippen LogP contribution < -0.4 is 5.32 Å². The highest BCUT2D eigenvalue weighted by atomic mass is 16.5. The molecule has 0 spiro atoms. The number of carbonyl (C=O) groups excluding carboxylic acids is 1. The molecule has 2 aliphatic rings. The monoisotopic (exact) mass is 285 g/mol. The third-order valence-corrected chi connectivity index (χ3v) is 4.49. The van der Waals surface area contributed by atoms with E-state index in [0.717, 1.165) is 30.5 Å². The van der Waals surface area contributed by atoms with Gasteiger partial charge in [-0.05, 0) is 30.7 Å². The topological polar surface area (TPSA) is 38.3 Å². The summed E-state index contributed by atoms with van der Waals surface area (Å²) in [4.78, 5) is 12.5. The normalized spacial score (nSPS) is 29.0. The molecule has 1 unspecified atom stereocenters. The van der Waals surface area contributed by atoms with Gasteiger partial charge < -0.3 is 10.1 Å². The number of rotatable bonds is 3. The highest BCUT2D eigenvalue weighted by molar-refractivity contribution is 5.91. The lowest BCUT2D eigenvalue weighted by molar-refractivity contribution is -0.146. The molecular weight excluding hydrogens is 262 g/mol. The number of nitrogens with one attached hydrogen (secondary N) is 1. The van der Waals surface area contributed by atoms with Crippen molar-refractivity contribution in [3.8, 4) is 0 Å². The Labute approximate surface area is 126 Å². The Morgan fingerprint density at radius 2 is 2.05 bits per heavy atom. The summed E-state index contributed by atoms with van der Waals surface area (Å²) in [6, 6.07) is 10.1. The maximum atomic E-state index is 12.5. The van der Waals surface area contributed by atoms with Crippen LogP contribution >= 0.6 is 0 Å². The molecule has 0 bridgehead atoms. The third-order valence-electron chi connectivity index (χ3n) is 4.49. The molecule has 3 nitrogen and oxygen atoms in total. The zero-order valence-electron chi connectivity index (χ0n) is 12.5. The molecule has 3 rings (SSSR count). The first kappa shape index (κ1) is 14.3. The summed E-state index contributed by atoms with van der Waals surface area (Å²) in [5.74, 6) is 0.519. The van der Waals surface area contributed by atoms with Crippen molar-refractivity contribution in [2.45, 2.75) is 44.8 Å². The molecule has 21 heavy (non-hydrogen) atoms. The van der Waals surface area contributed by atoms with Crippen LogP contribution in [0.3, 0.4) is 0 Å². The molecule has 0 radical (unpaired) electrons. The van der Waals surface area contributed by atoms with Crippen molar-refractivity contribution in [1.29, 1.82) is 0 Å². The van der Waals surface area contributed by atoms with Crippen molar-refractivity contribution >= 4 is 5.97 Å². The number of hydrogen-bond donors (Lipinski definition) is 1. The van der Waals surface area contributed by atoms with E-state index in [0.29, 0.717) is 5.92 Å². The Hall–Kier alpha value is -1.61. The van der Waals surface area contributed by atoms with Crippen molar-refractivity contribution in [3.05, 3.63) is 47.5 Å². The van der Waals surface area contributed by atoms with Gasteiger partial charge in [0.2, 0.25) is 0 Å². The smallest absolute Gasteiger partial charge is 0.335 e. The Balaban J connectivity index is 1.66. The lowest BCUT2D eigenvalue weighted by atomic mass is 9.88. The van der Waals surface area contributed by atoms with Crippen molar-refractivity contribution in [2.75, 3.05) is 6.54 Å². The quantitative estimate of drug-likeness (QED) is 0.865. The van der Waals surface area contributed by atoms with Crippen LogP contribution in [0.25, 0.3) is 0 Å². The molecule has 1 aromatic carbocycles. The molecule has 1 heterocycles. The van der Waals surface area contributed by atoms with Crippen LogP contribution in [0.5, 0.6) is 0 Å². The first-order chi connectivity index (χ1) is 10.2. The number of benzene rings is 1. The van der Waals surface area contributed by atoms with E-state index in [1.807, 2.05) is 36.4 Å². The predicted octanol–water partition coefficient (Wildman–Crippen LogP) is 3.38. The minimum absolute atomic E-state index is 0.0280. The van der Waals surface area contributed by atoms with Crippen LogP contribution in [0.15, 0.2) is 42.0 Å². The Kier molecular flexibility index (Phi) is 4.39. The molecule has 1 saturated carbocycles. The Morgan fingerprint density at radius 1 is 1.24 bits per heavy atom. The van der Waals surface area contributed by atoms with Gasteiger partial charge in [0, 0.05) is 6.54 Å². The average Bonchev–Trinajstić information content (AvgIpc) is 2.98. The van der Waals surface area contributed by atoms with Crippen LogP contribution in [-0.4, -0.2) is 18.6 Å². The van der Waals surface area contributed by atoms with E-state index < -0.39 is 0 Å². The van der Waals surface area contributed by atoms with Gasteiger partial charge in [-0.1, -0.05) is 49.8 Å². The summed E-state index contributed by atoms with van der Waals surface area (Å²) in [5.41, 5.74) is 1.88. The highest BCUT2D eigenvalue weighted by Crippen LogP contribution is 2.30. The van der Waals surface area contributed by atoms with E-state index in [4.69, 9.17) is 4.74 Å². The van der Waals surface area contributed by atoms with Crippen LogP contribution in [-0.2, 0) is 9.53 Å². The van der Waals surface area contributed by atoms with E-state index in [2.05, 4.69) is 12.2 Å². The fraction of sp³-hybridized carbons (Fsp3) is 0.500. The minimum Gasteiger partial charge on any atom is -0.459 e. The molecule has 1 aliphatic carbocycles. The second kappa shape index (κ2) is 6.44. The largest absolute Gasteiger partial charge is 0.459 e. The molecule has 0 aromatic heterocycles. The molecule has 1 aromatic rings. The lowest BCUT2D eigenvalue weighted by Crippen LogP contribution is -2.27. The van der Waals surface area contributed by atoms with Gasteiger partial charge in [-0.25, -0.2) is 4.79 Å². The molecule has 1 N–H and O–H groups in total. The van der Waals surface area contributed by atoms with Crippen molar-refractivity contribution in [2.24, 2.45) is 5.92 Å². The van der Waals surface area contributed by atoms with E-state index in [1.165, 1.54) is 12.8 Å². The van der Waals surface area contributed by atoms with Gasteiger partial charge in [0.25, 0.3) is 0 Å². The number of ether oxygens (including phenoxy) is 1. The SMILES string of the molecule is CC1CCC[C@H](OC(=O)C2=CCN[C@H]2c2ccccc2)C1. The average molecular weight is 285 g/mol. The second-order valence-electron chi connectivity index (χ2n) is 6.21. The minimum atomic E-state index is -0.145. The van der Waals surface area contributed by atoms with Gasteiger partial charge in [-0.15, -0.1) is 0 Å². The van der Waals surface area contributed by atoms with Crippen LogP contribution in [0.4, 0.5) is 0 Å². The van der Waals surface area contributed by atoms with Gasteiger partial charge in [0.15, 0.2) is 0 Å². The zero-order chi connectivity index (χ0) is 14.7. The molecule has 3 atom stereocenters. The van der Waals surface area contributed by atoms with Crippen molar-refractivity contribution in [1.82, 2.24) is 5.32 Å². The first-order valence-corrected chi connectivity index (χ1v) is 7.93. The predicted molar refractivity (Wildman–Crippen MR) is 82.8 cm³/mol. The van der Waals surface area contributed by atoms with E-state index in [9.17, 15) is 4.79 Å². The fourth-order valence-electron chi connectivity index (χ4n) is 3.36. The molecule has 3 heteroatoms. The summed E-state index contributed by atoms with van der Waals surface area (Å²) >= 11 is 0. The summed E-state index contributed by atoms with van der Waals surface area (Å²) in [5, 5.41) is 3.36. The van der Waals surface area contributed by atoms with Crippen molar-refractivity contribution < 1.29 is 9.53 Å². The molecular formula is C18H23NO2. The highest BCUT2D eigenvalue weighted by Gasteiger charge is 2.30. The molecule has 0 amide bonds. The van der Waals surface area contributed by atoms with Crippen molar-refractivity contribution in [3.63, 3.8) is 0 Å². The maximum absolute atomic E-state index is 12.5. The molecule has 0 saturated heterocycles. The molecule has 112 valence electrons. The van der Waals surface area contributed by atoms with E-state index >= 15 is 0 Å². The number of hydrogen-bond acceptors (Lipinski definition) is 3. The Bertz CT molecular complexity index is 523. The molecule has 1 aliphatic heterocycles. The number of esters is 1. The summed E-state index contributed by atoms with van der Waals surface area (Å²) in [6.07, 6.45) is 6.49. The summed E-state index contributed by atoms with van der Waals surface area (Å²) in [7, 11) is 0. The van der Waals surface area contributed by atoms with Crippen LogP contribution in [0.1, 0.15) is 44.2 Å². The van der Waals surface area contributed by atoms with E-state index in [-0.39, 0.29) is 18.1 Å². The van der Waals surface area contributed by atoms with Gasteiger partial charge in [0.05, 0.1) is 11.6 Å². The summed E-state index contributed by atoms with van der Waals surface area (Å²) < 4.78 is 5.75. The van der Waals surface area contributed by atoms with Gasteiger partial charge in [-0.2, -0.15) is 0 Å². The Morgan fingerprint density at radius 3 is 2.81 bits per heavy atom. The zero-order valence-corrected chi connectivity index (χ0v) is 12.5. The lowest BCUT2D eigenvalue weighted by Gasteiger charge is -2.27.